The molecule has 0 aromatic heterocycles. The summed E-state index contributed by atoms with van der Waals surface area (Å²) in [5, 5.41) is 0. The van der Waals surface area contributed by atoms with E-state index in [9.17, 15) is 18.0 Å². The molecule has 0 saturated carbocycles. The van der Waals surface area contributed by atoms with E-state index >= 15 is 0 Å². The molecule has 1 amide bonds. The lowest BCUT2D eigenvalue weighted by Gasteiger charge is -2.15. The average Bonchev–Trinajstić information content (AvgIpc) is 2.41. The molecule has 0 aliphatic heterocycles. The van der Waals surface area contributed by atoms with E-state index in [1.807, 2.05) is 19.1 Å². The molecule has 4 N–H and O–H groups in total. The Labute approximate surface area is 133 Å². The lowest BCUT2D eigenvalue weighted by molar-refractivity contribution is -0.138. The zero-order valence-electron chi connectivity index (χ0n) is 13.1. The second-order valence-electron chi connectivity index (χ2n) is 5.08. The van der Waals surface area contributed by atoms with Crippen molar-refractivity contribution in [2.24, 2.45) is 16.5 Å². The maximum atomic E-state index is 13.2. The van der Waals surface area contributed by atoms with Crippen LogP contribution >= 0.6 is 0 Å². The van der Waals surface area contributed by atoms with Gasteiger partial charge in [0.1, 0.15) is 0 Å². The molecular weight excluding hydrogens is 307 g/mol. The van der Waals surface area contributed by atoms with Gasteiger partial charge in [0.05, 0.1) is 5.56 Å². The highest BCUT2D eigenvalue weighted by molar-refractivity contribution is 6.03. The molecule has 0 radical (unpaired) electrons. The first-order valence-electron chi connectivity index (χ1n) is 7.16. The van der Waals surface area contributed by atoms with Crippen molar-refractivity contribution < 1.29 is 18.0 Å². The number of alkyl halides is 3. The van der Waals surface area contributed by atoms with Gasteiger partial charge in [-0.05, 0) is 43.4 Å². The third-order valence-electron chi connectivity index (χ3n) is 3.20. The van der Waals surface area contributed by atoms with Crippen LogP contribution in [0.3, 0.4) is 0 Å². The molecule has 0 aliphatic carbocycles. The number of hydrogen-bond donors (Lipinski definition) is 2. The van der Waals surface area contributed by atoms with Gasteiger partial charge in [-0.2, -0.15) is 18.2 Å². The quantitative estimate of drug-likeness (QED) is 0.494. The van der Waals surface area contributed by atoms with E-state index in [2.05, 4.69) is 4.99 Å². The van der Waals surface area contributed by atoms with Crippen molar-refractivity contribution in [1.82, 2.24) is 0 Å². The summed E-state index contributed by atoms with van der Waals surface area (Å²) >= 11 is 0. The minimum absolute atomic E-state index is 0.150. The van der Waals surface area contributed by atoms with Gasteiger partial charge in [0.2, 0.25) is 0 Å². The van der Waals surface area contributed by atoms with Crippen LogP contribution in [0.25, 0.3) is 0 Å². The summed E-state index contributed by atoms with van der Waals surface area (Å²) in [4.78, 5) is 15.1. The Morgan fingerprint density at radius 1 is 1.26 bits per heavy atom. The van der Waals surface area contributed by atoms with E-state index in [-0.39, 0.29) is 17.5 Å². The van der Waals surface area contributed by atoms with Gasteiger partial charge < -0.3 is 11.5 Å². The van der Waals surface area contributed by atoms with E-state index in [0.717, 1.165) is 12.5 Å². The monoisotopic (exact) mass is 327 g/mol. The molecule has 0 heterocycles. The summed E-state index contributed by atoms with van der Waals surface area (Å²) in [6.45, 7) is 3.51. The fourth-order valence-electron chi connectivity index (χ4n) is 2.17. The third-order valence-corrected chi connectivity index (χ3v) is 3.20. The number of nitrogens with two attached hydrogens (primary N) is 2. The Morgan fingerprint density at radius 2 is 1.91 bits per heavy atom. The van der Waals surface area contributed by atoms with Crippen molar-refractivity contribution in [2.45, 2.75) is 39.3 Å². The van der Waals surface area contributed by atoms with E-state index in [1.165, 1.54) is 6.07 Å². The lowest BCUT2D eigenvalue weighted by Crippen LogP contribution is -2.24. The standard InChI is InChI=1S/C16H20F3N3O/c1-3-4-5-6-7-11-8-10(2)12(14(23)22-15(20)21)9-13(11)16(17,18)19/h4-5,8-9H,3,6-7H2,1-2H3,(H4,20,21,22,23). The Balaban J connectivity index is 3.27. The molecule has 0 fully saturated rings. The molecule has 1 rings (SSSR count). The molecular formula is C16H20F3N3O. The Morgan fingerprint density at radius 3 is 2.43 bits per heavy atom. The molecule has 0 unspecified atom stereocenters. The number of benzene rings is 1. The molecule has 7 heteroatoms. The topological polar surface area (TPSA) is 81.5 Å². The third kappa shape index (κ3) is 5.43. The fourth-order valence-corrected chi connectivity index (χ4v) is 2.17. The van der Waals surface area contributed by atoms with Crippen molar-refractivity contribution in [1.29, 1.82) is 0 Å². The van der Waals surface area contributed by atoms with Gasteiger partial charge in [-0.3, -0.25) is 4.79 Å². The summed E-state index contributed by atoms with van der Waals surface area (Å²) in [7, 11) is 0. The van der Waals surface area contributed by atoms with Crippen LogP contribution in [-0.4, -0.2) is 11.9 Å². The number of hydrogen-bond acceptors (Lipinski definition) is 1. The molecule has 23 heavy (non-hydrogen) atoms. The Hall–Kier alpha value is -2.31. The zero-order chi connectivity index (χ0) is 17.6. The highest BCUT2D eigenvalue weighted by atomic mass is 19.4. The molecule has 126 valence electrons. The highest BCUT2D eigenvalue weighted by Crippen LogP contribution is 2.34. The summed E-state index contributed by atoms with van der Waals surface area (Å²) in [5.41, 5.74) is 9.78. The highest BCUT2D eigenvalue weighted by Gasteiger charge is 2.34. The first-order chi connectivity index (χ1) is 10.7. The van der Waals surface area contributed by atoms with Gasteiger partial charge in [-0.15, -0.1) is 0 Å². The number of carbonyl (C=O) groups excluding carboxylic acids is 1. The predicted molar refractivity (Wildman–Crippen MR) is 84.1 cm³/mol. The number of aliphatic imine (C=N–C) groups is 1. The van der Waals surface area contributed by atoms with Crippen molar-refractivity contribution in [3.8, 4) is 0 Å². The number of guanidine groups is 1. The fraction of sp³-hybridized carbons (Fsp3) is 0.375. The minimum atomic E-state index is -4.55. The number of halogens is 3. The minimum Gasteiger partial charge on any atom is -0.370 e. The van der Waals surface area contributed by atoms with Crippen LogP contribution in [0.4, 0.5) is 13.2 Å². The van der Waals surface area contributed by atoms with E-state index in [1.54, 1.807) is 6.92 Å². The molecule has 0 spiro atoms. The van der Waals surface area contributed by atoms with Gasteiger partial charge in [0.15, 0.2) is 5.96 Å². The molecule has 4 nitrogen and oxygen atoms in total. The van der Waals surface area contributed by atoms with Crippen LogP contribution in [0.5, 0.6) is 0 Å². The summed E-state index contributed by atoms with van der Waals surface area (Å²) in [6, 6.07) is 2.20. The molecule has 0 bridgehead atoms. The maximum Gasteiger partial charge on any atom is 0.416 e. The number of allylic oxidation sites excluding steroid dienone is 2. The largest absolute Gasteiger partial charge is 0.416 e. The number of carbonyl (C=O) groups is 1. The number of rotatable bonds is 5. The number of amides is 1. The lowest BCUT2D eigenvalue weighted by atomic mass is 9.95. The SMILES string of the molecule is CCC=CCCc1cc(C)c(C(=O)N=C(N)N)cc1C(F)(F)F. The van der Waals surface area contributed by atoms with E-state index in [4.69, 9.17) is 11.5 Å². The molecule has 1 aromatic carbocycles. The smallest absolute Gasteiger partial charge is 0.370 e. The maximum absolute atomic E-state index is 13.2. The first-order valence-corrected chi connectivity index (χ1v) is 7.16. The van der Waals surface area contributed by atoms with E-state index < -0.39 is 23.6 Å². The summed E-state index contributed by atoms with van der Waals surface area (Å²) in [6.07, 6.45) is 0.757. The van der Waals surface area contributed by atoms with Crippen LogP contribution in [0.15, 0.2) is 29.3 Å². The zero-order valence-corrected chi connectivity index (χ0v) is 13.1. The van der Waals surface area contributed by atoms with Gasteiger partial charge in [0.25, 0.3) is 5.91 Å². The Bertz CT molecular complexity index is 630. The van der Waals surface area contributed by atoms with Crippen molar-refractivity contribution in [3.05, 3.63) is 46.5 Å². The van der Waals surface area contributed by atoms with E-state index in [0.29, 0.717) is 12.0 Å². The number of aryl methyl sites for hydroxylation is 2. The van der Waals surface area contributed by atoms with Crippen LogP contribution in [0.1, 0.15) is 46.8 Å². The van der Waals surface area contributed by atoms with Gasteiger partial charge in [-0.25, -0.2) is 0 Å². The first kappa shape index (κ1) is 18.7. The van der Waals surface area contributed by atoms with Crippen LogP contribution in [-0.2, 0) is 12.6 Å². The predicted octanol–water partition coefficient (Wildman–Crippen LogP) is 3.33. The van der Waals surface area contributed by atoms with Crippen molar-refractivity contribution in [2.75, 3.05) is 0 Å². The van der Waals surface area contributed by atoms with Crippen LogP contribution in [0.2, 0.25) is 0 Å². The second kappa shape index (κ2) is 7.80. The summed E-state index contributed by atoms with van der Waals surface area (Å²) < 4.78 is 39.7. The average molecular weight is 327 g/mol. The number of nitrogens with zero attached hydrogens (tertiary/aromatic N) is 1. The van der Waals surface area contributed by atoms with Crippen LogP contribution < -0.4 is 11.5 Å². The molecule has 1 aromatic rings. The normalized spacial score (nSPS) is 11.7. The van der Waals surface area contributed by atoms with Crippen LogP contribution in [0, 0.1) is 6.92 Å². The van der Waals surface area contributed by atoms with Gasteiger partial charge in [-0.1, -0.05) is 25.1 Å². The van der Waals surface area contributed by atoms with Gasteiger partial charge >= 0.3 is 6.18 Å². The molecule has 0 atom stereocenters. The van der Waals surface area contributed by atoms with Gasteiger partial charge in [0, 0.05) is 5.56 Å². The molecule has 0 aliphatic rings. The van der Waals surface area contributed by atoms with Crippen molar-refractivity contribution in [3.63, 3.8) is 0 Å². The Kier molecular flexibility index (Phi) is 6.36. The second-order valence-corrected chi connectivity index (χ2v) is 5.08. The molecule has 0 saturated heterocycles. The van der Waals surface area contributed by atoms with Crippen molar-refractivity contribution >= 4 is 11.9 Å². The summed E-state index contributed by atoms with van der Waals surface area (Å²) in [5.74, 6) is -1.37.